The summed E-state index contributed by atoms with van der Waals surface area (Å²) in [6, 6.07) is 8.05. The Bertz CT molecular complexity index is 873. The number of aromatic nitrogens is 1. The van der Waals surface area contributed by atoms with Crippen LogP contribution >= 0.6 is 11.8 Å². The van der Waals surface area contributed by atoms with Gasteiger partial charge in [0.2, 0.25) is 0 Å². The number of benzene rings is 1. The second-order valence-corrected chi connectivity index (χ2v) is 7.71. The molecule has 1 aromatic carbocycles. The maximum atomic E-state index is 14.7. The predicted octanol–water partition coefficient (Wildman–Crippen LogP) is 3.53. The first-order valence-corrected chi connectivity index (χ1v) is 9.56. The Morgan fingerprint density at radius 1 is 1.38 bits per heavy atom. The zero-order valence-corrected chi connectivity index (χ0v) is 14.9. The molecule has 134 valence electrons. The number of hydrogen-bond donors (Lipinski definition) is 2. The van der Waals surface area contributed by atoms with Crippen LogP contribution in [0.5, 0.6) is 0 Å². The van der Waals surface area contributed by atoms with Gasteiger partial charge in [0.1, 0.15) is 5.82 Å². The van der Waals surface area contributed by atoms with E-state index in [4.69, 9.17) is 5.73 Å². The molecule has 4 rings (SSSR count). The number of carbonyl (C=O) groups is 1. The Morgan fingerprint density at radius 2 is 2.27 bits per heavy atom. The molecule has 2 aliphatic rings. The highest BCUT2D eigenvalue weighted by molar-refractivity contribution is 8.13. The minimum absolute atomic E-state index is 0.263. The second kappa shape index (κ2) is 6.72. The van der Waals surface area contributed by atoms with Gasteiger partial charge in [-0.1, -0.05) is 18.2 Å². The number of nitrogens with zero attached hydrogens (tertiary/aromatic N) is 2. The normalized spacial score (nSPS) is 24.7. The Balaban J connectivity index is 1.69. The van der Waals surface area contributed by atoms with Crippen LogP contribution in [0.2, 0.25) is 0 Å². The molecule has 0 bridgehead atoms. The number of aliphatic imine (C=N–C) groups is 1. The molecular weight excluding hydrogens is 351 g/mol. The lowest BCUT2D eigenvalue weighted by molar-refractivity contribution is 0.102. The molecule has 2 atom stereocenters. The second-order valence-electron chi connectivity index (χ2n) is 6.66. The van der Waals surface area contributed by atoms with Gasteiger partial charge in [-0.3, -0.25) is 14.8 Å². The summed E-state index contributed by atoms with van der Waals surface area (Å²) in [5, 5.41) is 3.33. The van der Waals surface area contributed by atoms with Gasteiger partial charge in [-0.25, -0.2) is 4.39 Å². The van der Waals surface area contributed by atoms with E-state index in [-0.39, 0.29) is 17.6 Å². The molecule has 1 saturated carbocycles. The van der Waals surface area contributed by atoms with Crippen molar-refractivity contribution in [2.24, 2.45) is 16.6 Å². The number of thioether (sulfide) groups is 1. The first-order chi connectivity index (χ1) is 12.6. The van der Waals surface area contributed by atoms with Crippen LogP contribution in [0.25, 0.3) is 0 Å². The van der Waals surface area contributed by atoms with Crippen molar-refractivity contribution in [2.45, 2.75) is 24.8 Å². The fourth-order valence-electron chi connectivity index (χ4n) is 3.89. The summed E-state index contributed by atoms with van der Waals surface area (Å²) < 4.78 is 14.7. The number of rotatable bonds is 3. The monoisotopic (exact) mass is 370 g/mol. The number of halogens is 1. The van der Waals surface area contributed by atoms with Crippen LogP contribution in [0.15, 0.2) is 47.7 Å². The number of amidine groups is 1. The first kappa shape index (κ1) is 17.0. The molecule has 26 heavy (non-hydrogen) atoms. The van der Waals surface area contributed by atoms with E-state index in [1.807, 2.05) is 0 Å². The van der Waals surface area contributed by atoms with E-state index in [1.54, 1.807) is 30.5 Å². The zero-order chi connectivity index (χ0) is 18.1. The van der Waals surface area contributed by atoms with Crippen molar-refractivity contribution >= 4 is 28.5 Å². The predicted molar refractivity (Wildman–Crippen MR) is 102 cm³/mol. The Morgan fingerprint density at radius 3 is 3.08 bits per heavy atom. The molecule has 1 aromatic heterocycles. The van der Waals surface area contributed by atoms with Crippen LogP contribution in [0, 0.1) is 11.7 Å². The van der Waals surface area contributed by atoms with Crippen LogP contribution in [0.3, 0.4) is 0 Å². The lowest BCUT2D eigenvalue weighted by atomic mass is 9.81. The molecule has 3 N–H and O–H groups in total. The Kier molecular flexibility index (Phi) is 4.40. The van der Waals surface area contributed by atoms with E-state index in [0.29, 0.717) is 22.0 Å². The van der Waals surface area contributed by atoms with E-state index in [0.717, 1.165) is 25.0 Å². The molecule has 1 amide bonds. The van der Waals surface area contributed by atoms with E-state index < -0.39 is 5.54 Å². The molecule has 5 nitrogen and oxygen atoms in total. The Hall–Kier alpha value is -2.41. The quantitative estimate of drug-likeness (QED) is 0.866. The van der Waals surface area contributed by atoms with Crippen molar-refractivity contribution in [3.8, 4) is 0 Å². The zero-order valence-electron chi connectivity index (χ0n) is 14.1. The molecule has 2 aromatic rings. The lowest BCUT2D eigenvalue weighted by Gasteiger charge is -2.36. The molecule has 1 aliphatic carbocycles. The summed E-state index contributed by atoms with van der Waals surface area (Å²) in [6.45, 7) is 0. The van der Waals surface area contributed by atoms with Crippen molar-refractivity contribution in [3.05, 3.63) is 59.7 Å². The maximum Gasteiger partial charge on any atom is 0.257 e. The summed E-state index contributed by atoms with van der Waals surface area (Å²) in [4.78, 5) is 21.0. The third kappa shape index (κ3) is 2.96. The highest BCUT2D eigenvalue weighted by Crippen LogP contribution is 2.51. The number of amides is 1. The van der Waals surface area contributed by atoms with Gasteiger partial charge in [0.15, 0.2) is 5.17 Å². The number of nitrogens with two attached hydrogens (primary N) is 1. The number of nitrogens with one attached hydrogen (secondary N) is 1. The first-order valence-electron chi connectivity index (χ1n) is 8.58. The van der Waals surface area contributed by atoms with Crippen molar-refractivity contribution < 1.29 is 9.18 Å². The highest BCUT2D eigenvalue weighted by Gasteiger charge is 2.48. The lowest BCUT2D eigenvalue weighted by Crippen LogP contribution is -2.37. The average Bonchev–Trinajstić information content (AvgIpc) is 3.07. The smallest absolute Gasteiger partial charge is 0.257 e. The molecule has 1 aliphatic heterocycles. The fourth-order valence-corrected chi connectivity index (χ4v) is 4.94. The highest BCUT2D eigenvalue weighted by atomic mass is 32.2. The molecule has 0 saturated heterocycles. The van der Waals surface area contributed by atoms with Crippen molar-refractivity contribution in [3.63, 3.8) is 0 Å². The summed E-state index contributed by atoms with van der Waals surface area (Å²) >= 11 is 1.53. The molecule has 0 radical (unpaired) electrons. The van der Waals surface area contributed by atoms with Crippen LogP contribution in [0.4, 0.5) is 10.1 Å². The van der Waals surface area contributed by atoms with Crippen LogP contribution in [-0.2, 0) is 5.54 Å². The number of carbonyl (C=O) groups excluding carboxylic acids is 1. The van der Waals surface area contributed by atoms with Crippen LogP contribution in [-0.4, -0.2) is 21.8 Å². The number of hydrogen-bond acceptors (Lipinski definition) is 5. The van der Waals surface area contributed by atoms with Gasteiger partial charge < -0.3 is 11.1 Å². The maximum absolute atomic E-state index is 14.7. The summed E-state index contributed by atoms with van der Waals surface area (Å²) in [6.07, 6.45) is 5.88. The molecule has 0 spiro atoms. The van der Waals surface area contributed by atoms with Crippen LogP contribution in [0.1, 0.15) is 35.2 Å². The van der Waals surface area contributed by atoms with Gasteiger partial charge in [0, 0.05) is 29.4 Å². The SMILES string of the molecule is NC1=N[C@@]2(c3cc(NC(=O)c4cccnc4)ccc3F)CCC[C@H]2CS1. The molecule has 1 fully saturated rings. The third-order valence-corrected chi connectivity index (χ3v) is 6.10. The largest absolute Gasteiger partial charge is 0.379 e. The molecule has 0 unspecified atom stereocenters. The van der Waals surface area contributed by atoms with E-state index >= 15 is 0 Å². The van der Waals surface area contributed by atoms with E-state index in [2.05, 4.69) is 15.3 Å². The number of pyridine rings is 1. The summed E-state index contributed by atoms with van der Waals surface area (Å²) in [5.41, 5.74) is 6.87. The van der Waals surface area contributed by atoms with E-state index in [9.17, 15) is 9.18 Å². The minimum Gasteiger partial charge on any atom is -0.379 e. The van der Waals surface area contributed by atoms with Crippen molar-refractivity contribution in [1.82, 2.24) is 4.98 Å². The summed E-state index contributed by atoms with van der Waals surface area (Å²) in [7, 11) is 0. The van der Waals surface area contributed by atoms with Crippen molar-refractivity contribution in [1.29, 1.82) is 0 Å². The van der Waals surface area contributed by atoms with Gasteiger partial charge in [0.25, 0.3) is 5.91 Å². The average molecular weight is 370 g/mol. The van der Waals surface area contributed by atoms with Crippen molar-refractivity contribution in [2.75, 3.05) is 11.1 Å². The fraction of sp³-hybridized carbons (Fsp3) is 0.316. The molecular formula is C19H19FN4OS. The third-order valence-electron chi connectivity index (χ3n) is 5.14. The number of fused-ring (bicyclic) bond motifs is 1. The van der Waals surface area contributed by atoms with Gasteiger partial charge in [-0.15, -0.1) is 0 Å². The van der Waals surface area contributed by atoms with E-state index in [1.165, 1.54) is 24.0 Å². The molecule has 7 heteroatoms. The van der Waals surface area contributed by atoms with Gasteiger partial charge in [-0.2, -0.15) is 0 Å². The van der Waals surface area contributed by atoms with Gasteiger partial charge >= 0.3 is 0 Å². The van der Waals surface area contributed by atoms with Gasteiger partial charge in [-0.05, 0) is 49.1 Å². The minimum atomic E-state index is -0.617. The standard InChI is InChI=1S/C19H19FN4OS/c20-16-6-5-14(23-17(25)12-3-2-8-22-10-12)9-15(16)19-7-1-4-13(19)11-26-18(21)24-19/h2-3,5-6,8-10,13H,1,4,7,11H2,(H2,21,24)(H,23,25)/t13-,19-/m0/s1. The van der Waals surface area contributed by atoms with Gasteiger partial charge in [0.05, 0.1) is 11.1 Å². The number of anilines is 1. The van der Waals surface area contributed by atoms with Crippen LogP contribution < -0.4 is 11.1 Å². The molecule has 2 heterocycles. The topological polar surface area (TPSA) is 80.4 Å². The summed E-state index contributed by atoms with van der Waals surface area (Å²) in [5.74, 6) is 0.526. The Labute approximate surface area is 155 Å².